The molecule has 1 atom stereocenters. The minimum atomic E-state index is -0.261. The van der Waals surface area contributed by atoms with E-state index in [0.717, 1.165) is 39.9 Å². The quantitative estimate of drug-likeness (QED) is 0.461. The van der Waals surface area contributed by atoms with Crippen molar-refractivity contribution >= 4 is 16.8 Å². The number of nitrogens with zero attached hydrogens (tertiary/aromatic N) is 1. The van der Waals surface area contributed by atoms with Gasteiger partial charge < -0.3 is 14.6 Å². The van der Waals surface area contributed by atoms with E-state index >= 15 is 0 Å². The van der Waals surface area contributed by atoms with Crippen LogP contribution in [0.4, 0.5) is 4.39 Å². The second-order valence-corrected chi connectivity index (χ2v) is 8.21. The van der Waals surface area contributed by atoms with Crippen molar-refractivity contribution in [2.45, 2.75) is 25.3 Å². The van der Waals surface area contributed by atoms with E-state index < -0.39 is 0 Å². The molecule has 4 aromatic rings. The lowest BCUT2D eigenvalue weighted by Crippen LogP contribution is -2.40. The van der Waals surface area contributed by atoms with Crippen LogP contribution in [-0.2, 0) is 17.6 Å². The van der Waals surface area contributed by atoms with E-state index in [2.05, 4.69) is 23.2 Å². The van der Waals surface area contributed by atoms with Crippen molar-refractivity contribution in [3.05, 3.63) is 101 Å². The van der Waals surface area contributed by atoms with E-state index in [1.165, 1.54) is 17.7 Å². The SMILES string of the molecule is COc1ccc2[nH]c3c(c2c1)CCN(C(=O)CCc1ccc(F)cc1)C3c1ccccc1. The molecule has 5 heteroatoms. The van der Waals surface area contributed by atoms with Crippen LogP contribution in [0.1, 0.15) is 34.8 Å². The van der Waals surface area contributed by atoms with E-state index in [1.807, 2.05) is 35.2 Å². The molecule has 1 amide bonds. The summed E-state index contributed by atoms with van der Waals surface area (Å²) in [6.07, 6.45) is 1.76. The van der Waals surface area contributed by atoms with Crippen molar-refractivity contribution in [1.29, 1.82) is 0 Å². The molecule has 5 rings (SSSR count). The van der Waals surface area contributed by atoms with Gasteiger partial charge >= 0.3 is 0 Å². The predicted octanol–water partition coefficient (Wildman–Crippen LogP) is 5.42. The Morgan fingerprint density at radius 1 is 1.09 bits per heavy atom. The van der Waals surface area contributed by atoms with Crippen LogP contribution in [0.5, 0.6) is 5.75 Å². The molecule has 0 saturated carbocycles. The number of nitrogens with one attached hydrogen (secondary N) is 1. The normalized spacial score (nSPS) is 15.6. The van der Waals surface area contributed by atoms with Gasteiger partial charge in [0.25, 0.3) is 0 Å². The van der Waals surface area contributed by atoms with Crippen LogP contribution >= 0.6 is 0 Å². The van der Waals surface area contributed by atoms with Gasteiger partial charge in [-0.1, -0.05) is 42.5 Å². The van der Waals surface area contributed by atoms with Gasteiger partial charge in [-0.3, -0.25) is 4.79 Å². The Morgan fingerprint density at radius 2 is 1.88 bits per heavy atom. The highest BCUT2D eigenvalue weighted by atomic mass is 19.1. The maximum absolute atomic E-state index is 13.4. The summed E-state index contributed by atoms with van der Waals surface area (Å²) in [7, 11) is 1.68. The minimum Gasteiger partial charge on any atom is -0.497 e. The van der Waals surface area contributed by atoms with Crippen molar-refractivity contribution < 1.29 is 13.9 Å². The first-order valence-corrected chi connectivity index (χ1v) is 10.9. The summed E-state index contributed by atoms with van der Waals surface area (Å²) in [6.45, 7) is 0.652. The molecule has 2 heterocycles. The maximum Gasteiger partial charge on any atom is 0.223 e. The van der Waals surface area contributed by atoms with Crippen molar-refractivity contribution in [2.24, 2.45) is 0 Å². The molecule has 1 unspecified atom stereocenters. The highest BCUT2D eigenvalue weighted by molar-refractivity contribution is 5.88. The largest absolute Gasteiger partial charge is 0.497 e. The number of amides is 1. The number of methoxy groups -OCH3 is 1. The molecule has 4 nitrogen and oxygen atoms in total. The number of halogens is 1. The number of rotatable bonds is 5. The van der Waals surface area contributed by atoms with Gasteiger partial charge in [-0.2, -0.15) is 0 Å². The fourth-order valence-electron chi connectivity index (χ4n) is 4.69. The van der Waals surface area contributed by atoms with Crippen LogP contribution in [0.3, 0.4) is 0 Å². The predicted molar refractivity (Wildman–Crippen MR) is 123 cm³/mol. The third-order valence-corrected chi connectivity index (χ3v) is 6.31. The number of aryl methyl sites for hydroxylation is 1. The Labute approximate surface area is 186 Å². The first kappa shape index (κ1) is 20.3. The summed E-state index contributed by atoms with van der Waals surface area (Å²) in [5.74, 6) is 0.668. The van der Waals surface area contributed by atoms with E-state index in [0.29, 0.717) is 19.4 Å². The molecule has 1 aliphatic heterocycles. The van der Waals surface area contributed by atoms with Gasteiger partial charge in [0.15, 0.2) is 0 Å². The summed E-state index contributed by atoms with van der Waals surface area (Å²) in [6, 6.07) is 22.4. The van der Waals surface area contributed by atoms with Crippen LogP contribution in [0.25, 0.3) is 10.9 Å². The number of H-pyrrole nitrogens is 1. The lowest BCUT2D eigenvalue weighted by atomic mass is 9.92. The van der Waals surface area contributed by atoms with Gasteiger partial charge in [0, 0.05) is 29.6 Å². The number of fused-ring (bicyclic) bond motifs is 3. The molecular formula is C27H25FN2O2. The number of aromatic amines is 1. The number of hydrogen-bond acceptors (Lipinski definition) is 2. The zero-order valence-corrected chi connectivity index (χ0v) is 18.0. The topological polar surface area (TPSA) is 45.3 Å². The number of benzene rings is 3. The highest BCUT2D eigenvalue weighted by Gasteiger charge is 2.34. The van der Waals surface area contributed by atoms with Crippen LogP contribution in [0, 0.1) is 5.82 Å². The average Bonchev–Trinajstić information content (AvgIpc) is 3.21. The summed E-state index contributed by atoms with van der Waals surface area (Å²) in [5, 5.41) is 1.15. The van der Waals surface area contributed by atoms with Crippen LogP contribution in [0.15, 0.2) is 72.8 Å². The van der Waals surface area contributed by atoms with Crippen molar-refractivity contribution in [1.82, 2.24) is 9.88 Å². The molecule has 0 saturated heterocycles. The third kappa shape index (κ3) is 3.75. The summed E-state index contributed by atoms with van der Waals surface area (Å²) in [4.78, 5) is 18.9. The van der Waals surface area contributed by atoms with E-state index in [4.69, 9.17) is 4.74 Å². The molecule has 0 bridgehead atoms. The number of ether oxygens (including phenoxy) is 1. The van der Waals surface area contributed by atoms with Crippen molar-refractivity contribution in [3.8, 4) is 5.75 Å². The molecular weight excluding hydrogens is 403 g/mol. The molecule has 1 aromatic heterocycles. The monoisotopic (exact) mass is 428 g/mol. The summed E-state index contributed by atoms with van der Waals surface area (Å²) in [5.41, 5.74) is 5.42. The van der Waals surface area contributed by atoms with Crippen LogP contribution in [-0.4, -0.2) is 29.4 Å². The fraction of sp³-hybridized carbons (Fsp3) is 0.222. The molecule has 0 spiro atoms. The maximum atomic E-state index is 13.4. The molecule has 162 valence electrons. The number of carbonyl (C=O) groups excluding carboxylic acids is 1. The van der Waals surface area contributed by atoms with Crippen LogP contribution < -0.4 is 4.74 Å². The molecule has 0 aliphatic carbocycles. The fourth-order valence-corrected chi connectivity index (χ4v) is 4.69. The lowest BCUT2D eigenvalue weighted by molar-refractivity contribution is -0.133. The molecule has 0 radical (unpaired) electrons. The molecule has 0 fully saturated rings. The summed E-state index contributed by atoms with van der Waals surface area (Å²) >= 11 is 0. The smallest absolute Gasteiger partial charge is 0.223 e. The van der Waals surface area contributed by atoms with Crippen molar-refractivity contribution in [2.75, 3.05) is 13.7 Å². The second-order valence-electron chi connectivity index (χ2n) is 8.21. The Kier molecular flexibility index (Phi) is 5.39. The average molecular weight is 429 g/mol. The Balaban J connectivity index is 1.49. The number of aromatic nitrogens is 1. The lowest BCUT2D eigenvalue weighted by Gasteiger charge is -2.36. The zero-order chi connectivity index (χ0) is 22.1. The van der Waals surface area contributed by atoms with Gasteiger partial charge in [-0.25, -0.2) is 4.39 Å². The number of carbonyl (C=O) groups is 1. The number of hydrogen-bond donors (Lipinski definition) is 1. The molecule has 1 N–H and O–H groups in total. The highest BCUT2D eigenvalue weighted by Crippen LogP contribution is 2.39. The van der Waals surface area contributed by atoms with Crippen molar-refractivity contribution in [3.63, 3.8) is 0 Å². The van der Waals surface area contributed by atoms with Gasteiger partial charge in [-0.15, -0.1) is 0 Å². The van der Waals surface area contributed by atoms with E-state index in [1.54, 1.807) is 19.2 Å². The molecule has 32 heavy (non-hydrogen) atoms. The standard InChI is InChI=1S/C27H25FN2O2/c1-32-21-12-13-24-23(17-21)22-15-16-30(25(31)14-9-18-7-10-20(28)11-8-18)27(26(22)29-24)19-5-3-2-4-6-19/h2-8,10-13,17,27,29H,9,14-16H2,1H3. The Hall–Kier alpha value is -3.60. The van der Waals surface area contributed by atoms with Gasteiger partial charge in [-0.05, 0) is 59.9 Å². The summed E-state index contributed by atoms with van der Waals surface area (Å²) < 4.78 is 18.6. The molecule has 1 aliphatic rings. The van der Waals surface area contributed by atoms with Gasteiger partial charge in [0.2, 0.25) is 5.91 Å². The van der Waals surface area contributed by atoms with Gasteiger partial charge in [0.05, 0.1) is 13.2 Å². The Morgan fingerprint density at radius 3 is 2.62 bits per heavy atom. The molecule has 3 aromatic carbocycles. The first-order chi connectivity index (χ1) is 15.6. The van der Waals surface area contributed by atoms with Gasteiger partial charge in [0.1, 0.15) is 11.6 Å². The first-order valence-electron chi connectivity index (χ1n) is 10.9. The van der Waals surface area contributed by atoms with E-state index in [-0.39, 0.29) is 17.8 Å². The third-order valence-electron chi connectivity index (χ3n) is 6.31. The van der Waals surface area contributed by atoms with E-state index in [9.17, 15) is 9.18 Å². The zero-order valence-electron chi connectivity index (χ0n) is 18.0. The second kappa shape index (κ2) is 8.50. The van der Waals surface area contributed by atoms with Crippen LogP contribution in [0.2, 0.25) is 0 Å². The minimum absolute atomic E-state index is 0.102. The Bertz CT molecular complexity index is 1250.